The zero-order valence-electron chi connectivity index (χ0n) is 12.3. The molecule has 0 saturated heterocycles. The van der Waals surface area contributed by atoms with Crippen LogP contribution in [0, 0.1) is 0 Å². The van der Waals surface area contributed by atoms with E-state index in [4.69, 9.17) is 4.74 Å². The molecule has 0 saturated carbocycles. The molecule has 0 aromatic heterocycles. The fourth-order valence-electron chi connectivity index (χ4n) is 2.44. The number of hydrogen-bond acceptors (Lipinski definition) is 2. The lowest BCUT2D eigenvalue weighted by Crippen LogP contribution is -2.22. The second kappa shape index (κ2) is 7.71. The molecule has 2 nitrogen and oxygen atoms in total. The van der Waals surface area contributed by atoms with Gasteiger partial charge in [0.25, 0.3) is 0 Å². The SMILES string of the molecule is CCNCC(Cc1cccc(OC)c1)c1ccccc1. The predicted octanol–water partition coefficient (Wildman–Crippen LogP) is 3.63. The first-order chi connectivity index (χ1) is 9.83. The second-order valence-electron chi connectivity index (χ2n) is 4.97. The molecule has 0 spiro atoms. The second-order valence-corrected chi connectivity index (χ2v) is 4.97. The molecule has 0 bridgehead atoms. The van der Waals surface area contributed by atoms with Crippen LogP contribution in [0.25, 0.3) is 0 Å². The van der Waals surface area contributed by atoms with Crippen LogP contribution in [-0.4, -0.2) is 20.2 Å². The Morgan fingerprint density at radius 2 is 1.85 bits per heavy atom. The summed E-state index contributed by atoms with van der Waals surface area (Å²) in [6.07, 6.45) is 1.02. The molecule has 0 heterocycles. The predicted molar refractivity (Wildman–Crippen MR) is 84.4 cm³/mol. The number of likely N-dealkylation sites (N-methyl/N-ethyl adjacent to an activating group) is 1. The van der Waals surface area contributed by atoms with Gasteiger partial charge >= 0.3 is 0 Å². The zero-order chi connectivity index (χ0) is 14.2. The molecule has 2 rings (SSSR count). The van der Waals surface area contributed by atoms with Crippen molar-refractivity contribution < 1.29 is 4.74 Å². The van der Waals surface area contributed by atoms with E-state index in [1.807, 2.05) is 6.07 Å². The molecule has 0 aliphatic rings. The summed E-state index contributed by atoms with van der Waals surface area (Å²) in [5.41, 5.74) is 2.70. The Kier molecular flexibility index (Phi) is 5.63. The third-order valence-corrected chi connectivity index (χ3v) is 3.53. The Labute approximate surface area is 121 Å². The lowest BCUT2D eigenvalue weighted by Gasteiger charge is -2.18. The van der Waals surface area contributed by atoms with E-state index in [0.29, 0.717) is 5.92 Å². The Morgan fingerprint density at radius 3 is 2.55 bits per heavy atom. The van der Waals surface area contributed by atoms with Crippen LogP contribution in [0.3, 0.4) is 0 Å². The molecular weight excluding hydrogens is 246 g/mol. The van der Waals surface area contributed by atoms with Crippen LogP contribution < -0.4 is 10.1 Å². The van der Waals surface area contributed by atoms with E-state index in [9.17, 15) is 0 Å². The third-order valence-electron chi connectivity index (χ3n) is 3.53. The van der Waals surface area contributed by atoms with E-state index in [-0.39, 0.29) is 0 Å². The quantitative estimate of drug-likeness (QED) is 0.828. The van der Waals surface area contributed by atoms with Crippen molar-refractivity contribution in [3.63, 3.8) is 0 Å². The van der Waals surface area contributed by atoms with Gasteiger partial charge in [0.2, 0.25) is 0 Å². The van der Waals surface area contributed by atoms with Crippen molar-refractivity contribution >= 4 is 0 Å². The maximum Gasteiger partial charge on any atom is 0.119 e. The van der Waals surface area contributed by atoms with Gasteiger partial charge in [0.1, 0.15) is 5.75 Å². The Bertz CT molecular complexity index is 510. The van der Waals surface area contributed by atoms with Crippen LogP contribution in [0.2, 0.25) is 0 Å². The average molecular weight is 269 g/mol. The van der Waals surface area contributed by atoms with E-state index >= 15 is 0 Å². The highest BCUT2D eigenvalue weighted by Gasteiger charge is 2.12. The number of ether oxygens (including phenoxy) is 1. The van der Waals surface area contributed by atoms with Crippen molar-refractivity contribution in [2.24, 2.45) is 0 Å². The number of hydrogen-bond donors (Lipinski definition) is 1. The molecule has 2 aromatic rings. The Hall–Kier alpha value is -1.80. The van der Waals surface area contributed by atoms with Gasteiger partial charge in [-0.2, -0.15) is 0 Å². The van der Waals surface area contributed by atoms with Crippen molar-refractivity contribution in [1.82, 2.24) is 5.32 Å². The first-order valence-corrected chi connectivity index (χ1v) is 7.22. The lowest BCUT2D eigenvalue weighted by atomic mass is 9.92. The van der Waals surface area contributed by atoms with Gasteiger partial charge in [-0.25, -0.2) is 0 Å². The van der Waals surface area contributed by atoms with E-state index in [2.05, 4.69) is 60.8 Å². The molecule has 2 heteroatoms. The van der Waals surface area contributed by atoms with Gasteiger partial charge in [0.15, 0.2) is 0 Å². The Morgan fingerprint density at radius 1 is 1.05 bits per heavy atom. The summed E-state index contributed by atoms with van der Waals surface area (Å²) < 4.78 is 5.31. The Balaban J connectivity index is 2.14. The maximum absolute atomic E-state index is 5.31. The minimum Gasteiger partial charge on any atom is -0.497 e. The number of methoxy groups -OCH3 is 1. The van der Waals surface area contributed by atoms with Crippen molar-refractivity contribution in [3.8, 4) is 5.75 Å². The largest absolute Gasteiger partial charge is 0.497 e. The summed E-state index contributed by atoms with van der Waals surface area (Å²) in [4.78, 5) is 0. The van der Waals surface area contributed by atoms with Crippen molar-refractivity contribution in [3.05, 3.63) is 65.7 Å². The molecule has 0 aliphatic carbocycles. The van der Waals surface area contributed by atoms with Crippen molar-refractivity contribution in [1.29, 1.82) is 0 Å². The molecule has 0 aliphatic heterocycles. The van der Waals surface area contributed by atoms with Crippen LogP contribution in [-0.2, 0) is 6.42 Å². The van der Waals surface area contributed by atoms with Crippen LogP contribution in [0.4, 0.5) is 0 Å². The van der Waals surface area contributed by atoms with Gasteiger partial charge in [-0.1, -0.05) is 49.4 Å². The standard InChI is InChI=1S/C18H23NO/c1-3-19-14-17(16-9-5-4-6-10-16)12-15-8-7-11-18(13-15)20-2/h4-11,13,17,19H,3,12,14H2,1-2H3. The van der Waals surface area contributed by atoms with Gasteiger partial charge in [-0.15, -0.1) is 0 Å². The number of nitrogens with one attached hydrogen (secondary N) is 1. The number of benzene rings is 2. The summed E-state index contributed by atoms with van der Waals surface area (Å²) in [7, 11) is 1.71. The average Bonchev–Trinajstić information content (AvgIpc) is 2.52. The third kappa shape index (κ3) is 4.10. The summed E-state index contributed by atoms with van der Waals surface area (Å²) in [5.74, 6) is 1.42. The van der Waals surface area contributed by atoms with Gasteiger partial charge in [-0.05, 0) is 36.2 Å². The van der Waals surface area contributed by atoms with Gasteiger partial charge in [0.05, 0.1) is 7.11 Å². The van der Waals surface area contributed by atoms with Gasteiger partial charge in [0, 0.05) is 12.5 Å². The molecule has 1 atom stereocenters. The molecule has 1 unspecified atom stereocenters. The van der Waals surface area contributed by atoms with Crippen LogP contribution in [0.5, 0.6) is 5.75 Å². The molecule has 0 amide bonds. The lowest BCUT2D eigenvalue weighted by molar-refractivity contribution is 0.414. The van der Waals surface area contributed by atoms with E-state index in [1.165, 1.54) is 11.1 Å². The summed E-state index contributed by atoms with van der Waals surface area (Å²) in [5, 5.41) is 3.46. The normalized spacial score (nSPS) is 12.1. The monoisotopic (exact) mass is 269 g/mol. The fraction of sp³-hybridized carbons (Fsp3) is 0.333. The number of rotatable bonds is 7. The fourth-order valence-corrected chi connectivity index (χ4v) is 2.44. The van der Waals surface area contributed by atoms with E-state index in [1.54, 1.807) is 7.11 Å². The molecule has 1 N–H and O–H groups in total. The summed E-state index contributed by atoms with van der Waals surface area (Å²) >= 11 is 0. The minimum atomic E-state index is 0.489. The molecule has 20 heavy (non-hydrogen) atoms. The highest BCUT2D eigenvalue weighted by Crippen LogP contribution is 2.22. The first-order valence-electron chi connectivity index (χ1n) is 7.22. The van der Waals surface area contributed by atoms with Crippen LogP contribution in [0.15, 0.2) is 54.6 Å². The van der Waals surface area contributed by atoms with Crippen molar-refractivity contribution in [2.45, 2.75) is 19.3 Å². The highest BCUT2D eigenvalue weighted by molar-refractivity contribution is 5.31. The van der Waals surface area contributed by atoms with E-state index < -0.39 is 0 Å². The smallest absolute Gasteiger partial charge is 0.119 e. The molecule has 2 aromatic carbocycles. The van der Waals surface area contributed by atoms with Gasteiger partial charge in [-0.3, -0.25) is 0 Å². The topological polar surface area (TPSA) is 21.3 Å². The van der Waals surface area contributed by atoms with Crippen LogP contribution in [0.1, 0.15) is 24.0 Å². The minimum absolute atomic E-state index is 0.489. The zero-order valence-corrected chi connectivity index (χ0v) is 12.3. The molecule has 0 radical (unpaired) electrons. The molecule has 106 valence electrons. The van der Waals surface area contributed by atoms with Crippen LogP contribution >= 0.6 is 0 Å². The summed E-state index contributed by atoms with van der Waals surface area (Å²) in [6, 6.07) is 19.1. The molecular formula is C18H23NO. The maximum atomic E-state index is 5.31. The van der Waals surface area contributed by atoms with Crippen molar-refractivity contribution in [2.75, 3.05) is 20.2 Å². The van der Waals surface area contributed by atoms with E-state index in [0.717, 1.165) is 25.3 Å². The van der Waals surface area contributed by atoms with Gasteiger partial charge < -0.3 is 10.1 Å². The highest BCUT2D eigenvalue weighted by atomic mass is 16.5. The molecule has 0 fully saturated rings. The summed E-state index contributed by atoms with van der Waals surface area (Å²) in [6.45, 7) is 4.15. The first kappa shape index (κ1) is 14.6.